The van der Waals surface area contributed by atoms with Crippen LogP contribution in [-0.4, -0.2) is 10.7 Å². The molecule has 0 saturated heterocycles. The molecule has 0 spiro atoms. The largest absolute Gasteiger partial charge is 0.457 e. The van der Waals surface area contributed by atoms with Crippen molar-refractivity contribution in [3.05, 3.63) is 79.7 Å². The zero-order chi connectivity index (χ0) is 17.1. The second-order valence-electron chi connectivity index (χ2n) is 4.80. The molecule has 0 aliphatic rings. The first kappa shape index (κ1) is 16.2. The molecule has 0 fully saturated rings. The predicted molar refractivity (Wildman–Crippen MR) is 93.5 cm³/mol. The Balaban J connectivity index is 1.82. The van der Waals surface area contributed by atoms with Gasteiger partial charge in [-0.15, -0.1) is 11.3 Å². The third-order valence-electron chi connectivity index (χ3n) is 3.22. The van der Waals surface area contributed by atoms with E-state index in [1.807, 2.05) is 11.4 Å². The van der Waals surface area contributed by atoms with Gasteiger partial charge in [0, 0.05) is 11.6 Å². The maximum Gasteiger partial charge on any atom is 0.288 e. The van der Waals surface area contributed by atoms with E-state index in [0.717, 1.165) is 0 Å². The number of benzene rings is 1. The van der Waals surface area contributed by atoms with Gasteiger partial charge in [0.2, 0.25) is 0 Å². The Labute approximate surface area is 146 Å². The van der Waals surface area contributed by atoms with Crippen LogP contribution in [0.25, 0.3) is 17.4 Å². The minimum Gasteiger partial charge on any atom is -0.457 e. The smallest absolute Gasteiger partial charge is 0.288 e. The first-order chi connectivity index (χ1) is 11.5. The number of hydrogen-bond acceptors (Lipinski definition) is 5. The number of rotatable bonds is 5. The summed E-state index contributed by atoms with van der Waals surface area (Å²) in [7, 11) is 0. The lowest BCUT2D eigenvalue weighted by Gasteiger charge is -1.99. The molecule has 0 amide bonds. The SMILES string of the molecule is O=C(C=Cc1ccc(-c2ccc(Cl)c([N+](=O)[O-])c2)o1)c1cccs1. The molecule has 24 heavy (non-hydrogen) atoms. The van der Waals surface area contributed by atoms with Gasteiger partial charge in [-0.05, 0) is 47.9 Å². The molecule has 2 heterocycles. The van der Waals surface area contributed by atoms with Gasteiger partial charge in [0.1, 0.15) is 16.5 Å². The molecule has 0 unspecified atom stereocenters. The first-order valence-electron chi connectivity index (χ1n) is 6.84. The summed E-state index contributed by atoms with van der Waals surface area (Å²) in [6.45, 7) is 0. The molecule has 1 aromatic carbocycles. The molecule has 7 heteroatoms. The Hall–Kier alpha value is -2.70. The average Bonchev–Trinajstić information content (AvgIpc) is 3.24. The number of nitro groups is 1. The van der Waals surface area contributed by atoms with Gasteiger partial charge in [-0.1, -0.05) is 17.7 Å². The number of furan rings is 1. The highest BCUT2D eigenvalue weighted by molar-refractivity contribution is 7.12. The molecule has 120 valence electrons. The van der Waals surface area contributed by atoms with E-state index in [0.29, 0.717) is 22.0 Å². The third-order valence-corrected chi connectivity index (χ3v) is 4.42. The van der Waals surface area contributed by atoms with Crippen molar-refractivity contribution in [3.63, 3.8) is 0 Å². The number of halogens is 1. The molecule has 0 N–H and O–H groups in total. The molecule has 0 radical (unpaired) electrons. The molecular weight excluding hydrogens is 350 g/mol. The maximum atomic E-state index is 11.9. The maximum absolute atomic E-state index is 11.9. The second-order valence-corrected chi connectivity index (χ2v) is 6.16. The van der Waals surface area contributed by atoms with E-state index >= 15 is 0 Å². The number of carbonyl (C=O) groups is 1. The number of nitro benzene ring substituents is 1. The van der Waals surface area contributed by atoms with Crippen LogP contribution in [0.5, 0.6) is 0 Å². The van der Waals surface area contributed by atoms with Crippen LogP contribution in [-0.2, 0) is 0 Å². The summed E-state index contributed by atoms with van der Waals surface area (Å²) in [5.41, 5.74) is 0.353. The lowest BCUT2D eigenvalue weighted by molar-refractivity contribution is -0.384. The number of allylic oxidation sites excluding steroid dienone is 1. The van der Waals surface area contributed by atoms with E-state index < -0.39 is 4.92 Å². The van der Waals surface area contributed by atoms with Gasteiger partial charge in [0.05, 0.1) is 9.80 Å². The van der Waals surface area contributed by atoms with E-state index in [-0.39, 0.29) is 16.5 Å². The normalized spacial score (nSPS) is 11.0. The molecule has 2 aromatic heterocycles. The summed E-state index contributed by atoms with van der Waals surface area (Å²) in [6.07, 6.45) is 2.99. The van der Waals surface area contributed by atoms with E-state index in [1.165, 1.54) is 29.5 Å². The van der Waals surface area contributed by atoms with Crippen molar-refractivity contribution in [2.45, 2.75) is 0 Å². The average molecular weight is 360 g/mol. The monoisotopic (exact) mass is 359 g/mol. The lowest BCUT2D eigenvalue weighted by Crippen LogP contribution is -1.89. The van der Waals surface area contributed by atoms with E-state index in [9.17, 15) is 14.9 Å². The number of hydrogen-bond donors (Lipinski definition) is 0. The van der Waals surface area contributed by atoms with Crippen LogP contribution in [0.1, 0.15) is 15.4 Å². The summed E-state index contributed by atoms with van der Waals surface area (Å²) in [4.78, 5) is 22.9. The summed E-state index contributed by atoms with van der Waals surface area (Å²) in [5, 5.41) is 12.8. The van der Waals surface area contributed by atoms with Crippen molar-refractivity contribution < 1.29 is 14.1 Å². The summed E-state index contributed by atoms with van der Waals surface area (Å²) in [5.74, 6) is 0.829. The molecule has 0 atom stereocenters. The molecule has 0 bridgehead atoms. The Morgan fingerprint density at radius 2 is 2.08 bits per heavy atom. The standard InChI is InChI=1S/C17H10ClNO4S/c18-13-6-3-11(10-14(13)19(21)22)16-8-5-12(23-16)4-7-15(20)17-2-1-9-24-17/h1-10H. The minimum absolute atomic E-state index is 0.0666. The molecule has 3 rings (SSSR count). The van der Waals surface area contributed by atoms with Gasteiger partial charge in [-0.2, -0.15) is 0 Å². The number of thiophene rings is 1. The van der Waals surface area contributed by atoms with Gasteiger partial charge in [0.25, 0.3) is 5.69 Å². The molecule has 3 aromatic rings. The highest BCUT2D eigenvalue weighted by atomic mass is 35.5. The fourth-order valence-corrected chi connectivity index (χ4v) is 2.89. The molecule has 5 nitrogen and oxygen atoms in total. The Morgan fingerprint density at radius 1 is 1.25 bits per heavy atom. The molecule has 0 saturated carbocycles. The highest BCUT2D eigenvalue weighted by Gasteiger charge is 2.15. The Kier molecular flexibility index (Phi) is 4.59. The van der Waals surface area contributed by atoms with Crippen LogP contribution in [0.15, 0.2) is 58.3 Å². The van der Waals surface area contributed by atoms with Gasteiger partial charge in [-0.3, -0.25) is 14.9 Å². The molecule has 0 aliphatic carbocycles. The topological polar surface area (TPSA) is 73.3 Å². The lowest BCUT2D eigenvalue weighted by atomic mass is 10.1. The summed E-state index contributed by atoms with van der Waals surface area (Å²) in [6, 6.07) is 11.4. The van der Waals surface area contributed by atoms with Crippen molar-refractivity contribution in [2.24, 2.45) is 0 Å². The second kappa shape index (κ2) is 6.82. The Bertz CT molecular complexity index is 928. The number of carbonyl (C=O) groups excluding carboxylic acids is 1. The first-order valence-corrected chi connectivity index (χ1v) is 8.10. The third kappa shape index (κ3) is 3.45. The van der Waals surface area contributed by atoms with Crippen LogP contribution < -0.4 is 0 Å². The van der Waals surface area contributed by atoms with E-state index in [2.05, 4.69) is 0 Å². The van der Waals surface area contributed by atoms with Gasteiger partial charge >= 0.3 is 0 Å². The van der Waals surface area contributed by atoms with Crippen molar-refractivity contribution in [3.8, 4) is 11.3 Å². The van der Waals surface area contributed by atoms with Crippen LogP contribution >= 0.6 is 22.9 Å². The number of nitrogens with zero attached hydrogens (tertiary/aromatic N) is 1. The van der Waals surface area contributed by atoms with E-state index in [1.54, 1.807) is 30.3 Å². The minimum atomic E-state index is -0.546. The Morgan fingerprint density at radius 3 is 2.79 bits per heavy atom. The van der Waals surface area contributed by atoms with Crippen LogP contribution in [0, 0.1) is 10.1 Å². The van der Waals surface area contributed by atoms with Crippen LogP contribution in [0.2, 0.25) is 5.02 Å². The van der Waals surface area contributed by atoms with Crippen molar-refractivity contribution in [1.29, 1.82) is 0 Å². The van der Waals surface area contributed by atoms with Crippen molar-refractivity contribution >= 4 is 40.5 Å². The molecular formula is C17H10ClNO4S. The predicted octanol–water partition coefficient (Wildman–Crippen LogP) is 5.47. The quantitative estimate of drug-likeness (QED) is 0.262. The number of ketones is 1. The van der Waals surface area contributed by atoms with E-state index in [4.69, 9.17) is 16.0 Å². The van der Waals surface area contributed by atoms with Gasteiger partial charge in [-0.25, -0.2) is 0 Å². The zero-order valence-corrected chi connectivity index (χ0v) is 13.7. The van der Waals surface area contributed by atoms with Gasteiger partial charge in [0.15, 0.2) is 5.78 Å². The summed E-state index contributed by atoms with van der Waals surface area (Å²) < 4.78 is 5.61. The van der Waals surface area contributed by atoms with Crippen LogP contribution in [0.3, 0.4) is 0 Å². The fraction of sp³-hybridized carbons (Fsp3) is 0. The zero-order valence-electron chi connectivity index (χ0n) is 12.1. The van der Waals surface area contributed by atoms with Gasteiger partial charge < -0.3 is 4.42 Å². The van der Waals surface area contributed by atoms with Crippen molar-refractivity contribution in [2.75, 3.05) is 0 Å². The van der Waals surface area contributed by atoms with Crippen LogP contribution in [0.4, 0.5) is 5.69 Å². The van der Waals surface area contributed by atoms with Crippen molar-refractivity contribution in [1.82, 2.24) is 0 Å². The highest BCUT2D eigenvalue weighted by Crippen LogP contribution is 2.31. The summed E-state index contributed by atoms with van der Waals surface area (Å²) >= 11 is 7.16. The molecule has 0 aliphatic heterocycles. The fourth-order valence-electron chi connectivity index (χ4n) is 2.06.